The topological polar surface area (TPSA) is 93.9 Å². The molecule has 0 saturated carbocycles. The summed E-state index contributed by atoms with van der Waals surface area (Å²) in [4.78, 5) is 21.9. The van der Waals surface area contributed by atoms with Crippen LogP contribution >= 0.6 is 0 Å². The highest BCUT2D eigenvalue weighted by atomic mass is 15.4. The number of nitrogens with zero attached hydrogens (tertiary/aromatic N) is 7. The van der Waals surface area contributed by atoms with Gasteiger partial charge in [-0.15, -0.1) is 0 Å². The van der Waals surface area contributed by atoms with Crippen LogP contribution in [0.3, 0.4) is 0 Å². The maximum Gasteiger partial charge on any atom is 0.227 e. The first-order valence-electron chi connectivity index (χ1n) is 8.69. The third kappa shape index (κ3) is 3.93. The minimum absolute atomic E-state index is 0.605. The Morgan fingerprint density at radius 3 is 2.30 bits per heavy atom. The Balaban J connectivity index is 1.43. The normalized spacial score (nSPS) is 13.9. The highest BCUT2D eigenvalue weighted by molar-refractivity contribution is 5.59. The van der Waals surface area contributed by atoms with Crippen molar-refractivity contribution in [3.05, 3.63) is 60.6 Å². The molecule has 0 radical (unpaired) electrons. The van der Waals surface area contributed by atoms with Crippen molar-refractivity contribution in [3.8, 4) is 6.07 Å². The molecule has 0 bridgehead atoms. The summed E-state index contributed by atoms with van der Waals surface area (Å²) < 4.78 is 0. The Morgan fingerprint density at radius 2 is 1.56 bits per heavy atom. The zero-order chi connectivity index (χ0) is 18.5. The fraction of sp³-hybridized carbons (Fsp3) is 0.211. The second-order valence-electron chi connectivity index (χ2n) is 6.08. The highest BCUT2D eigenvalue weighted by Gasteiger charge is 2.20. The summed E-state index contributed by atoms with van der Waals surface area (Å²) in [6, 6.07) is 13.1. The van der Waals surface area contributed by atoms with E-state index >= 15 is 0 Å². The highest BCUT2D eigenvalue weighted by Crippen LogP contribution is 2.19. The van der Waals surface area contributed by atoms with E-state index in [0.29, 0.717) is 17.3 Å². The summed E-state index contributed by atoms with van der Waals surface area (Å²) in [7, 11) is 0. The molecule has 4 rings (SSSR count). The average Bonchev–Trinajstić information content (AvgIpc) is 2.75. The summed E-state index contributed by atoms with van der Waals surface area (Å²) in [6.45, 7) is 3.22. The zero-order valence-corrected chi connectivity index (χ0v) is 14.7. The molecular weight excluding hydrogens is 340 g/mol. The minimum atomic E-state index is 0.605. The first-order chi connectivity index (χ1) is 13.3. The van der Waals surface area contributed by atoms with Crippen LogP contribution in [0.15, 0.2) is 55.0 Å². The van der Waals surface area contributed by atoms with Gasteiger partial charge in [0.1, 0.15) is 5.82 Å². The van der Waals surface area contributed by atoms with Gasteiger partial charge >= 0.3 is 0 Å². The van der Waals surface area contributed by atoms with Crippen molar-refractivity contribution >= 4 is 23.4 Å². The zero-order valence-electron chi connectivity index (χ0n) is 14.7. The number of nitrogens with one attached hydrogen (secondary N) is 1. The maximum atomic E-state index is 9.02. The van der Waals surface area contributed by atoms with E-state index in [1.54, 1.807) is 30.7 Å². The molecule has 8 heteroatoms. The monoisotopic (exact) mass is 358 g/mol. The predicted octanol–water partition coefficient (Wildman–Crippen LogP) is 2.21. The molecule has 3 aromatic rings. The van der Waals surface area contributed by atoms with Crippen LogP contribution in [0.1, 0.15) is 5.56 Å². The van der Waals surface area contributed by atoms with Gasteiger partial charge in [-0.1, -0.05) is 6.07 Å². The number of piperazine rings is 1. The molecular formula is C19H18N8. The molecule has 27 heavy (non-hydrogen) atoms. The van der Waals surface area contributed by atoms with Crippen molar-refractivity contribution in [2.45, 2.75) is 0 Å². The minimum Gasteiger partial charge on any atom is -0.340 e. The van der Waals surface area contributed by atoms with Crippen molar-refractivity contribution in [3.63, 3.8) is 0 Å². The lowest BCUT2D eigenvalue weighted by atomic mass is 10.2. The van der Waals surface area contributed by atoms with Gasteiger partial charge in [0.15, 0.2) is 0 Å². The van der Waals surface area contributed by atoms with Gasteiger partial charge in [0.25, 0.3) is 0 Å². The molecule has 0 atom stereocenters. The molecule has 1 fully saturated rings. The molecule has 1 N–H and O–H groups in total. The summed E-state index contributed by atoms with van der Waals surface area (Å²) in [5, 5.41) is 12.3. The molecule has 134 valence electrons. The molecule has 1 saturated heterocycles. The molecule has 8 nitrogen and oxygen atoms in total. The second-order valence-corrected chi connectivity index (χ2v) is 6.08. The lowest BCUT2D eigenvalue weighted by Crippen LogP contribution is -2.47. The first-order valence-corrected chi connectivity index (χ1v) is 8.69. The Kier molecular flexibility index (Phi) is 4.74. The van der Waals surface area contributed by atoms with Crippen LogP contribution in [0.2, 0.25) is 0 Å². The molecule has 1 aliphatic rings. The summed E-state index contributed by atoms with van der Waals surface area (Å²) in [6.07, 6.45) is 5.26. The number of hydrogen-bond donors (Lipinski definition) is 1. The van der Waals surface area contributed by atoms with Crippen LogP contribution in [0.4, 0.5) is 23.4 Å². The lowest BCUT2D eigenvalue weighted by Gasteiger charge is -2.34. The van der Waals surface area contributed by atoms with Gasteiger partial charge in [-0.05, 0) is 30.3 Å². The molecule has 0 spiro atoms. The molecule has 0 aliphatic carbocycles. The van der Waals surface area contributed by atoms with Crippen LogP contribution in [0, 0.1) is 11.3 Å². The number of benzene rings is 1. The molecule has 2 aromatic heterocycles. The number of nitriles is 1. The lowest BCUT2D eigenvalue weighted by molar-refractivity contribution is 0.628. The number of rotatable bonds is 4. The standard InChI is InChI=1S/C19H18N8/c20-14-15-3-1-4-16(13-15)24-17-5-8-23-19(25-17)27-11-9-26(10-12-27)18-21-6-2-7-22-18/h1-8,13H,9-12H2,(H,23,24,25). The Bertz CT molecular complexity index is 945. The van der Waals surface area contributed by atoms with E-state index in [0.717, 1.165) is 37.8 Å². The van der Waals surface area contributed by atoms with Gasteiger partial charge in [0.2, 0.25) is 11.9 Å². The molecule has 0 amide bonds. The quantitative estimate of drug-likeness (QED) is 0.759. The molecule has 0 unspecified atom stereocenters. The molecule has 3 heterocycles. The fourth-order valence-corrected chi connectivity index (χ4v) is 2.95. The summed E-state index contributed by atoms with van der Waals surface area (Å²) in [5.41, 5.74) is 1.43. The van der Waals surface area contributed by atoms with Crippen LogP contribution in [0.25, 0.3) is 0 Å². The van der Waals surface area contributed by atoms with Gasteiger partial charge in [0, 0.05) is 50.5 Å². The van der Waals surface area contributed by atoms with Gasteiger partial charge in [-0.25, -0.2) is 15.0 Å². The van der Waals surface area contributed by atoms with Crippen LogP contribution < -0.4 is 15.1 Å². The van der Waals surface area contributed by atoms with E-state index < -0.39 is 0 Å². The Hall–Kier alpha value is -3.73. The van der Waals surface area contributed by atoms with Crippen molar-refractivity contribution in [2.75, 3.05) is 41.3 Å². The van der Waals surface area contributed by atoms with Crippen LogP contribution in [-0.2, 0) is 0 Å². The van der Waals surface area contributed by atoms with E-state index in [2.05, 4.69) is 41.1 Å². The van der Waals surface area contributed by atoms with E-state index in [1.807, 2.05) is 24.3 Å². The fourth-order valence-electron chi connectivity index (χ4n) is 2.95. The van der Waals surface area contributed by atoms with E-state index in [1.165, 1.54) is 0 Å². The Morgan fingerprint density at radius 1 is 0.852 bits per heavy atom. The van der Waals surface area contributed by atoms with Crippen LogP contribution in [-0.4, -0.2) is 46.1 Å². The van der Waals surface area contributed by atoms with Crippen molar-refractivity contribution in [2.24, 2.45) is 0 Å². The van der Waals surface area contributed by atoms with Crippen molar-refractivity contribution in [1.29, 1.82) is 5.26 Å². The van der Waals surface area contributed by atoms with E-state index in [4.69, 9.17) is 5.26 Å². The van der Waals surface area contributed by atoms with Gasteiger partial charge in [0.05, 0.1) is 11.6 Å². The van der Waals surface area contributed by atoms with Gasteiger partial charge in [-0.2, -0.15) is 10.2 Å². The van der Waals surface area contributed by atoms with Gasteiger partial charge < -0.3 is 15.1 Å². The third-order valence-corrected chi connectivity index (χ3v) is 4.30. The Labute approximate surface area is 157 Å². The number of hydrogen-bond acceptors (Lipinski definition) is 8. The average molecular weight is 358 g/mol. The second kappa shape index (κ2) is 7.66. The van der Waals surface area contributed by atoms with Crippen LogP contribution in [0.5, 0.6) is 0 Å². The number of anilines is 4. The predicted molar refractivity (Wildman–Crippen MR) is 103 cm³/mol. The maximum absolute atomic E-state index is 9.02. The smallest absolute Gasteiger partial charge is 0.227 e. The number of aromatic nitrogens is 4. The molecule has 1 aliphatic heterocycles. The summed E-state index contributed by atoms with van der Waals surface area (Å²) >= 11 is 0. The van der Waals surface area contributed by atoms with Crippen molar-refractivity contribution in [1.82, 2.24) is 19.9 Å². The SMILES string of the molecule is N#Cc1cccc(Nc2ccnc(N3CCN(c4ncccn4)CC3)n2)c1. The van der Waals surface area contributed by atoms with Crippen molar-refractivity contribution < 1.29 is 0 Å². The third-order valence-electron chi connectivity index (χ3n) is 4.30. The van der Waals surface area contributed by atoms with E-state index in [-0.39, 0.29) is 0 Å². The largest absolute Gasteiger partial charge is 0.340 e. The first kappa shape index (κ1) is 16.7. The molecule has 1 aromatic carbocycles. The van der Waals surface area contributed by atoms with Gasteiger partial charge in [-0.3, -0.25) is 0 Å². The van der Waals surface area contributed by atoms with E-state index in [9.17, 15) is 0 Å². The summed E-state index contributed by atoms with van der Waals surface area (Å²) in [5.74, 6) is 2.14.